The maximum atomic E-state index is 11.7. The van der Waals surface area contributed by atoms with E-state index in [2.05, 4.69) is 46.9 Å². The average Bonchev–Trinajstić information content (AvgIpc) is 2.00. The highest BCUT2D eigenvalue weighted by Crippen LogP contribution is 2.19. The minimum absolute atomic E-state index is 0.0970. The second kappa shape index (κ2) is 4.81. The average molecular weight is 199 g/mol. The Hall–Kier alpha value is -0.530. The summed E-state index contributed by atoms with van der Waals surface area (Å²) in [7, 11) is 0. The first-order chi connectivity index (χ1) is 6.16. The summed E-state index contributed by atoms with van der Waals surface area (Å²) in [6.45, 7) is 14.6. The quantitative estimate of drug-likeness (QED) is 0.744. The zero-order valence-corrected chi connectivity index (χ0v) is 10.6. The number of amides is 1. The van der Waals surface area contributed by atoms with Crippen LogP contribution < -0.4 is 5.32 Å². The molecule has 14 heavy (non-hydrogen) atoms. The Morgan fingerprint density at radius 2 is 1.50 bits per heavy atom. The van der Waals surface area contributed by atoms with Gasteiger partial charge in [-0.1, -0.05) is 41.5 Å². The first kappa shape index (κ1) is 13.5. The van der Waals surface area contributed by atoms with Gasteiger partial charge in [0.15, 0.2) is 0 Å². The Labute approximate surface area is 88.5 Å². The molecule has 2 heteroatoms. The van der Waals surface area contributed by atoms with Crippen molar-refractivity contribution in [1.29, 1.82) is 0 Å². The SMILES string of the molecule is CC(C)C(C)C(=O)NC(C)C(C)(C)C. The molecular formula is C12H25NO. The van der Waals surface area contributed by atoms with Crippen LogP contribution in [0.1, 0.15) is 48.5 Å². The Bertz CT molecular complexity index is 191. The fraction of sp³-hybridized carbons (Fsp3) is 0.917. The summed E-state index contributed by atoms with van der Waals surface area (Å²) in [4.78, 5) is 11.7. The van der Waals surface area contributed by atoms with E-state index in [4.69, 9.17) is 0 Å². The maximum absolute atomic E-state index is 11.7. The number of hydrogen-bond donors (Lipinski definition) is 1. The van der Waals surface area contributed by atoms with Gasteiger partial charge in [-0.15, -0.1) is 0 Å². The third-order valence-electron chi connectivity index (χ3n) is 3.07. The number of carbonyl (C=O) groups excluding carboxylic acids is 1. The zero-order valence-electron chi connectivity index (χ0n) is 10.6. The van der Waals surface area contributed by atoms with Gasteiger partial charge in [-0.25, -0.2) is 0 Å². The Morgan fingerprint density at radius 3 is 1.79 bits per heavy atom. The maximum Gasteiger partial charge on any atom is 0.223 e. The molecule has 1 amide bonds. The number of hydrogen-bond acceptors (Lipinski definition) is 1. The highest BCUT2D eigenvalue weighted by Gasteiger charge is 2.24. The molecule has 0 spiro atoms. The molecule has 0 aliphatic rings. The molecule has 0 rings (SSSR count). The van der Waals surface area contributed by atoms with E-state index in [1.165, 1.54) is 0 Å². The van der Waals surface area contributed by atoms with E-state index in [0.717, 1.165) is 0 Å². The summed E-state index contributed by atoms with van der Waals surface area (Å²) in [5.41, 5.74) is 0.131. The molecular weight excluding hydrogens is 174 g/mol. The van der Waals surface area contributed by atoms with Crippen molar-refractivity contribution in [3.05, 3.63) is 0 Å². The van der Waals surface area contributed by atoms with E-state index in [-0.39, 0.29) is 23.3 Å². The molecule has 2 atom stereocenters. The van der Waals surface area contributed by atoms with Gasteiger partial charge >= 0.3 is 0 Å². The number of rotatable bonds is 3. The molecule has 84 valence electrons. The molecule has 0 radical (unpaired) electrons. The van der Waals surface area contributed by atoms with Crippen LogP contribution in [0.4, 0.5) is 0 Å². The number of carbonyl (C=O) groups is 1. The van der Waals surface area contributed by atoms with Crippen LogP contribution >= 0.6 is 0 Å². The zero-order chi connectivity index (χ0) is 11.5. The molecule has 0 aromatic carbocycles. The normalized spacial score (nSPS) is 16.6. The van der Waals surface area contributed by atoms with Gasteiger partial charge in [0.2, 0.25) is 5.91 Å². The van der Waals surface area contributed by atoms with E-state index in [1.54, 1.807) is 0 Å². The van der Waals surface area contributed by atoms with Gasteiger partial charge in [-0.05, 0) is 18.3 Å². The molecule has 0 aromatic heterocycles. The van der Waals surface area contributed by atoms with Crippen molar-refractivity contribution in [2.75, 3.05) is 0 Å². The third-order valence-corrected chi connectivity index (χ3v) is 3.07. The van der Waals surface area contributed by atoms with Crippen LogP contribution in [0.25, 0.3) is 0 Å². The van der Waals surface area contributed by atoms with E-state index in [0.29, 0.717) is 5.92 Å². The molecule has 0 saturated carbocycles. The van der Waals surface area contributed by atoms with Crippen molar-refractivity contribution in [3.63, 3.8) is 0 Å². The highest BCUT2D eigenvalue weighted by molar-refractivity contribution is 5.78. The lowest BCUT2D eigenvalue weighted by molar-refractivity contribution is -0.127. The van der Waals surface area contributed by atoms with Gasteiger partial charge in [0.25, 0.3) is 0 Å². The molecule has 2 unspecified atom stereocenters. The summed E-state index contributed by atoms with van der Waals surface area (Å²) < 4.78 is 0. The lowest BCUT2D eigenvalue weighted by Gasteiger charge is -2.29. The van der Waals surface area contributed by atoms with Crippen LogP contribution in [0.15, 0.2) is 0 Å². The van der Waals surface area contributed by atoms with Gasteiger partial charge in [-0.2, -0.15) is 0 Å². The molecule has 2 nitrogen and oxygen atoms in total. The van der Waals surface area contributed by atoms with E-state index in [9.17, 15) is 4.79 Å². The molecule has 0 bridgehead atoms. The van der Waals surface area contributed by atoms with Crippen LogP contribution in [-0.2, 0) is 4.79 Å². The van der Waals surface area contributed by atoms with E-state index in [1.807, 2.05) is 6.92 Å². The molecule has 0 aliphatic heterocycles. The topological polar surface area (TPSA) is 29.1 Å². The molecule has 0 aliphatic carbocycles. The van der Waals surface area contributed by atoms with Crippen LogP contribution in [0.3, 0.4) is 0 Å². The Morgan fingerprint density at radius 1 is 1.07 bits per heavy atom. The molecule has 0 heterocycles. The monoisotopic (exact) mass is 199 g/mol. The second-order valence-electron chi connectivity index (χ2n) is 5.63. The van der Waals surface area contributed by atoms with Crippen molar-refractivity contribution in [3.8, 4) is 0 Å². The van der Waals surface area contributed by atoms with Crippen LogP contribution in [0, 0.1) is 17.3 Å². The first-order valence-electron chi connectivity index (χ1n) is 5.46. The molecule has 0 fully saturated rings. The van der Waals surface area contributed by atoms with Gasteiger partial charge in [-0.3, -0.25) is 4.79 Å². The van der Waals surface area contributed by atoms with E-state index < -0.39 is 0 Å². The fourth-order valence-corrected chi connectivity index (χ4v) is 0.864. The summed E-state index contributed by atoms with van der Waals surface area (Å²) in [6, 6.07) is 0.219. The number of nitrogens with one attached hydrogen (secondary N) is 1. The second-order valence-corrected chi connectivity index (χ2v) is 5.63. The summed E-state index contributed by atoms with van der Waals surface area (Å²) in [5, 5.41) is 3.06. The summed E-state index contributed by atoms with van der Waals surface area (Å²) >= 11 is 0. The molecule has 1 N–H and O–H groups in total. The van der Waals surface area contributed by atoms with Crippen molar-refractivity contribution in [1.82, 2.24) is 5.32 Å². The van der Waals surface area contributed by atoms with Crippen molar-refractivity contribution in [2.24, 2.45) is 17.3 Å². The van der Waals surface area contributed by atoms with Crippen molar-refractivity contribution >= 4 is 5.91 Å². The van der Waals surface area contributed by atoms with Gasteiger partial charge in [0.1, 0.15) is 0 Å². The van der Waals surface area contributed by atoms with Crippen LogP contribution in [0.2, 0.25) is 0 Å². The standard InChI is InChI=1S/C12H25NO/c1-8(2)9(3)11(14)13-10(4)12(5,6)7/h8-10H,1-7H3,(H,13,14). The largest absolute Gasteiger partial charge is 0.353 e. The lowest BCUT2D eigenvalue weighted by Crippen LogP contribution is -2.44. The molecule has 0 saturated heterocycles. The first-order valence-corrected chi connectivity index (χ1v) is 5.46. The minimum Gasteiger partial charge on any atom is -0.353 e. The van der Waals surface area contributed by atoms with Crippen LogP contribution in [-0.4, -0.2) is 11.9 Å². The Kier molecular flexibility index (Phi) is 4.63. The van der Waals surface area contributed by atoms with Gasteiger partial charge in [0, 0.05) is 12.0 Å². The predicted octanol–water partition coefficient (Wildman–Crippen LogP) is 2.83. The fourth-order valence-electron chi connectivity index (χ4n) is 0.864. The minimum atomic E-state index is 0.0970. The van der Waals surface area contributed by atoms with Crippen molar-refractivity contribution in [2.45, 2.75) is 54.5 Å². The van der Waals surface area contributed by atoms with Crippen molar-refractivity contribution < 1.29 is 4.79 Å². The Balaban J connectivity index is 4.20. The highest BCUT2D eigenvalue weighted by atomic mass is 16.1. The predicted molar refractivity (Wildman–Crippen MR) is 61.1 cm³/mol. The lowest BCUT2D eigenvalue weighted by atomic mass is 9.87. The molecule has 0 aromatic rings. The van der Waals surface area contributed by atoms with Crippen LogP contribution in [0.5, 0.6) is 0 Å². The summed E-state index contributed by atoms with van der Waals surface area (Å²) in [5.74, 6) is 0.671. The third kappa shape index (κ3) is 4.12. The smallest absolute Gasteiger partial charge is 0.223 e. The van der Waals surface area contributed by atoms with Gasteiger partial charge in [0.05, 0.1) is 0 Å². The van der Waals surface area contributed by atoms with Gasteiger partial charge < -0.3 is 5.32 Å². The summed E-state index contributed by atoms with van der Waals surface area (Å²) in [6.07, 6.45) is 0. The van der Waals surface area contributed by atoms with E-state index >= 15 is 0 Å².